The van der Waals surface area contributed by atoms with Gasteiger partial charge in [0.15, 0.2) is 0 Å². The maximum absolute atomic E-state index is 12.0. The normalized spacial score (nSPS) is 14.2. The predicted octanol–water partition coefficient (Wildman–Crippen LogP) is 5.33. The van der Waals surface area contributed by atoms with Crippen LogP contribution in [0.3, 0.4) is 0 Å². The highest BCUT2D eigenvalue weighted by Gasteiger charge is 2.17. The second-order valence-electron chi connectivity index (χ2n) is 9.26. The molecular formula is C29H31N3O4. The van der Waals surface area contributed by atoms with E-state index in [2.05, 4.69) is 27.1 Å². The smallest absolute Gasteiger partial charge is 0.337 e. The molecule has 7 heteroatoms. The maximum Gasteiger partial charge on any atom is 0.337 e. The Kier molecular flexibility index (Phi) is 6.91. The number of aryl methyl sites for hydroxylation is 1. The summed E-state index contributed by atoms with van der Waals surface area (Å²) in [6, 6.07) is 11.3. The summed E-state index contributed by atoms with van der Waals surface area (Å²) in [4.78, 5) is 33.0. The minimum absolute atomic E-state index is 0.307. The zero-order valence-electron chi connectivity index (χ0n) is 20.7. The number of aromatic amines is 2. The summed E-state index contributed by atoms with van der Waals surface area (Å²) < 4.78 is 9.74. The molecule has 1 aliphatic rings. The molecule has 0 fully saturated rings. The second-order valence-corrected chi connectivity index (χ2v) is 9.26. The molecule has 2 N–H and O–H groups in total. The fourth-order valence-electron chi connectivity index (χ4n) is 5.07. The molecule has 0 atom stereocenters. The molecule has 0 radical (unpaired) electrons. The molecule has 36 heavy (non-hydrogen) atoms. The first kappa shape index (κ1) is 23.9. The molecule has 0 spiro atoms. The third-order valence-electron chi connectivity index (χ3n) is 7.10. The largest absolute Gasteiger partial charge is 0.465 e. The first-order valence-corrected chi connectivity index (χ1v) is 12.4. The zero-order valence-corrected chi connectivity index (χ0v) is 20.7. The average Bonchev–Trinajstić information content (AvgIpc) is 3.54. The van der Waals surface area contributed by atoms with Crippen LogP contribution in [0.25, 0.3) is 27.4 Å². The van der Waals surface area contributed by atoms with E-state index >= 15 is 0 Å². The van der Waals surface area contributed by atoms with E-state index in [-0.39, 0.29) is 11.9 Å². The lowest BCUT2D eigenvalue weighted by Gasteiger charge is -2.26. The summed E-state index contributed by atoms with van der Waals surface area (Å²) >= 11 is 0. The molecule has 7 nitrogen and oxygen atoms in total. The molecule has 186 valence electrons. The van der Waals surface area contributed by atoms with Crippen LogP contribution in [0.1, 0.15) is 51.1 Å². The Bertz CT molecular complexity index is 1450. The molecule has 0 saturated carbocycles. The van der Waals surface area contributed by atoms with Crippen molar-refractivity contribution in [3.05, 3.63) is 77.1 Å². The quantitative estimate of drug-likeness (QED) is 0.260. The number of rotatable bonds is 8. The fraction of sp³-hybridized carbons (Fsp3) is 0.310. The van der Waals surface area contributed by atoms with Gasteiger partial charge >= 0.3 is 11.9 Å². The number of ether oxygens (including phenoxy) is 2. The van der Waals surface area contributed by atoms with Crippen molar-refractivity contribution in [2.24, 2.45) is 0 Å². The lowest BCUT2D eigenvalue weighted by atomic mass is 9.97. The molecule has 2 aromatic heterocycles. The van der Waals surface area contributed by atoms with Gasteiger partial charge in [0.2, 0.25) is 0 Å². The van der Waals surface area contributed by atoms with E-state index in [4.69, 9.17) is 9.47 Å². The molecule has 3 heterocycles. The number of benzene rings is 2. The maximum atomic E-state index is 12.0. The highest BCUT2D eigenvalue weighted by molar-refractivity contribution is 5.99. The third-order valence-corrected chi connectivity index (χ3v) is 7.10. The van der Waals surface area contributed by atoms with E-state index in [9.17, 15) is 9.59 Å². The topological polar surface area (TPSA) is 87.4 Å². The van der Waals surface area contributed by atoms with Crippen LogP contribution in [-0.2, 0) is 15.9 Å². The Balaban J connectivity index is 1.17. The highest BCUT2D eigenvalue weighted by Crippen LogP contribution is 2.30. The van der Waals surface area contributed by atoms with Gasteiger partial charge in [0.1, 0.15) is 0 Å². The molecule has 0 unspecified atom stereocenters. The van der Waals surface area contributed by atoms with E-state index in [1.807, 2.05) is 30.5 Å². The molecule has 5 rings (SSSR count). The van der Waals surface area contributed by atoms with Crippen LogP contribution in [0.2, 0.25) is 0 Å². The Morgan fingerprint density at radius 1 is 0.889 bits per heavy atom. The van der Waals surface area contributed by atoms with Crippen molar-refractivity contribution in [1.82, 2.24) is 14.9 Å². The van der Waals surface area contributed by atoms with Crippen LogP contribution in [0.15, 0.2) is 54.9 Å². The first-order chi connectivity index (χ1) is 17.6. The number of nitrogens with one attached hydrogen (secondary N) is 2. The van der Waals surface area contributed by atoms with E-state index in [0.29, 0.717) is 11.1 Å². The van der Waals surface area contributed by atoms with E-state index in [1.165, 1.54) is 30.9 Å². The van der Waals surface area contributed by atoms with Gasteiger partial charge in [0.05, 0.1) is 25.3 Å². The third kappa shape index (κ3) is 4.79. The average molecular weight is 486 g/mol. The van der Waals surface area contributed by atoms with Gasteiger partial charge in [-0.25, -0.2) is 9.59 Å². The number of carbonyl (C=O) groups excluding carboxylic acids is 2. The van der Waals surface area contributed by atoms with Gasteiger partial charge in [0, 0.05) is 52.9 Å². The minimum Gasteiger partial charge on any atom is -0.465 e. The first-order valence-electron chi connectivity index (χ1n) is 12.4. The van der Waals surface area contributed by atoms with E-state index < -0.39 is 0 Å². The van der Waals surface area contributed by atoms with Crippen LogP contribution < -0.4 is 0 Å². The summed E-state index contributed by atoms with van der Waals surface area (Å²) in [5.74, 6) is -0.623. The summed E-state index contributed by atoms with van der Waals surface area (Å²) in [6.45, 7) is 3.00. The zero-order chi connectivity index (χ0) is 25.1. The van der Waals surface area contributed by atoms with Gasteiger partial charge in [-0.2, -0.15) is 0 Å². The van der Waals surface area contributed by atoms with Gasteiger partial charge in [-0.15, -0.1) is 0 Å². The molecule has 2 aromatic carbocycles. The van der Waals surface area contributed by atoms with Crippen LogP contribution >= 0.6 is 0 Å². The number of hydrogen-bond donors (Lipinski definition) is 2. The summed E-state index contributed by atoms with van der Waals surface area (Å²) in [5, 5.41) is 2.16. The Labute approximate surface area is 210 Å². The summed E-state index contributed by atoms with van der Waals surface area (Å²) in [7, 11) is 2.81. The molecule has 0 bridgehead atoms. The van der Waals surface area contributed by atoms with Crippen molar-refractivity contribution in [3.63, 3.8) is 0 Å². The predicted molar refractivity (Wildman–Crippen MR) is 141 cm³/mol. The van der Waals surface area contributed by atoms with Gasteiger partial charge in [-0.3, -0.25) is 4.90 Å². The Hall–Kier alpha value is -3.84. The van der Waals surface area contributed by atoms with Crippen molar-refractivity contribution >= 4 is 39.3 Å². The number of unbranched alkanes of at least 4 members (excludes halogenated alkanes) is 1. The van der Waals surface area contributed by atoms with Crippen molar-refractivity contribution < 1.29 is 19.1 Å². The lowest BCUT2D eigenvalue weighted by molar-refractivity contribution is 0.0592. The van der Waals surface area contributed by atoms with Crippen LogP contribution in [-0.4, -0.2) is 60.7 Å². The van der Waals surface area contributed by atoms with E-state index in [1.54, 1.807) is 12.1 Å². The molecule has 0 aliphatic carbocycles. The van der Waals surface area contributed by atoms with Crippen molar-refractivity contribution in [2.45, 2.75) is 25.7 Å². The second kappa shape index (κ2) is 10.4. The van der Waals surface area contributed by atoms with Crippen LogP contribution in [0.5, 0.6) is 0 Å². The minimum atomic E-state index is -0.315. The monoisotopic (exact) mass is 485 g/mol. The molecule has 0 saturated heterocycles. The van der Waals surface area contributed by atoms with Gasteiger partial charge in [0.25, 0.3) is 0 Å². The Morgan fingerprint density at radius 2 is 1.56 bits per heavy atom. The number of H-pyrrole nitrogens is 2. The number of carbonyl (C=O) groups is 2. The molecule has 4 aromatic rings. The highest BCUT2D eigenvalue weighted by atomic mass is 16.5. The summed E-state index contributed by atoms with van der Waals surface area (Å²) in [6.07, 6.45) is 10.5. The van der Waals surface area contributed by atoms with Gasteiger partial charge in [-0.05, 0) is 79.8 Å². The van der Waals surface area contributed by atoms with Crippen LogP contribution in [0.4, 0.5) is 0 Å². The number of methoxy groups -OCH3 is 2. The molecule has 0 amide bonds. The number of esters is 2. The number of fused-ring (bicyclic) bond motifs is 2. The standard InChI is InChI=1S/C29H31N3O4/c1-35-28(33)20-6-8-26-23(15-20)22(17-30-26)5-3-4-12-32-13-10-19(11-14-32)25-18-31-27-9-7-21(16-24(25)27)29(34)36-2/h6-10,15-18,30-31H,3-5,11-14H2,1-2H3. The van der Waals surface area contributed by atoms with Crippen LogP contribution in [0, 0.1) is 0 Å². The van der Waals surface area contributed by atoms with Gasteiger partial charge < -0.3 is 19.4 Å². The van der Waals surface area contributed by atoms with Gasteiger partial charge in [-0.1, -0.05) is 6.08 Å². The summed E-state index contributed by atoms with van der Waals surface area (Å²) in [5.41, 5.74) is 6.95. The Morgan fingerprint density at radius 3 is 2.22 bits per heavy atom. The molecular weight excluding hydrogens is 454 g/mol. The number of hydrogen-bond acceptors (Lipinski definition) is 5. The number of nitrogens with zero attached hydrogens (tertiary/aromatic N) is 1. The van der Waals surface area contributed by atoms with Crippen molar-refractivity contribution in [1.29, 1.82) is 0 Å². The van der Waals surface area contributed by atoms with Crippen molar-refractivity contribution in [2.75, 3.05) is 33.9 Å². The molecule has 1 aliphatic heterocycles. The number of aromatic nitrogens is 2. The van der Waals surface area contributed by atoms with Crippen molar-refractivity contribution in [3.8, 4) is 0 Å². The fourth-order valence-corrected chi connectivity index (χ4v) is 5.07. The van der Waals surface area contributed by atoms with E-state index in [0.717, 1.165) is 67.1 Å². The lowest BCUT2D eigenvalue weighted by Crippen LogP contribution is -2.29. The SMILES string of the molecule is COC(=O)c1ccc2[nH]cc(CCCCN3CC=C(c4c[nH]c5ccc(C(=O)OC)cc45)CC3)c2c1.